The van der Waals surface area contributed by atoms with Crippen LogP contribution in [0.25, 0.3) is 0 Å². The van der Waals surface area contributed by atoms with Crippen molar-refractivity contribution in [1.29, 1.82) is 0 Å². The molecule has 3 aliphatic rings. The highest BCUT2D eigenvalue weighted by atomic mass is 16.5. The third-order valence-corrected chi connectivity index (χ3v) is 5.13. The molecule has 3 fully saturated rings. The molecule has 0 N–H and O–H groups in total. The van der Waals surface area contributed by atoms with E-state index in [4.69, 9.17) is 9.47 Å². The fourth-order valence-electron chi connectivity index (χ4n) is 3.57. The van der Waals surface area contributed by atoms with Gasteiger partial charge in [-0.25, -0.2) is 0 Å². The largest absolute Gasteiger partial charge is 0.497 e. The Morgan fingerprint density at radius 3 is 2.67 bits per heavy atom. The lowest BCUT2D eigenvalue weighted by Crippen LogP contribution is -2.53. The summed E-state index contributed by atoms with van der Waals surface area (Å²) in [5, 5.41) is 0. The van der Waals surface area contributed by atoms with E-state index in [1.54, 1.807) is 7.11 Å². The minimum absolute atomic E-state index is 0.00668. The molecule has 4 rings (SSSR count). The molecule has 0 aromatic heterocycles. The second-order valence-electron chi connectivity index (χ2n) is 6.80. The number of rotatable bonds is 4. The van der Waals surface area contributed by atoms with Gasteiger partial charge in [-0.15, -0.1) is 0 Å². The van der Waals surface area contributed by atoms with Crippen molar-refractivity contribution in [3.8, 4) is 5.75 Å². The quantitative estimate of drug-likeness (QED) is 0.828. The molecule has 1 aromatic rings. The molecule has 0 radical (unpaired) electrons. The lowest BCUT2D eigenvalue weighted by atomic mass is 10.1. The molecule has 0 spiro atoms. The fourth-order valence-corrected chi connectivity index (χ4v) is 3.57. The number of fused-ring (bicyclic) bond motifs is 1. The number of nitrogens with zero attached hydrogens (tertiary/aromatic N) is 2. The summed E-state index contributed by atoms with van der Waals surface area (Å²) in [6.45, 7) is 1.83. The summed E-state index contributed by atoms with van der Waals surface area (Å²) in [7, 11) is 1.63. The summed E-state index contributed by atoms with van der Waals surface area (Å²) in [6.07, 6.45) is 1.93. The van der Waals surface area contributed by atoms with Gasteiger partial charge in [0.2, 0.25) is 11.8 Å². The first-order chi connectivity index (χ1) is 11.7. The van der Waals surface area contributed by atoms with Gasteiger partial charge in [0.05, 0.1) is 19.3 Å². The van der Waals surface area contributed by atoms with Gasteiger partial charge in [-0.2, -0.15) is 0 Å². The van der Waals surface area contributed by atoms with Gasteiger partial charge in [0, 0.05) is 25.6 Å². The number of likely N-dealkylation sites (tertiary alicyclic amines) is 1. The topological polar surface area (TPSA) is 59.1 Å². The van der Waals surface area contributed by atoms with Crippen molar-refractivity contribution in [3.63, 3.8) is 0 Å². The number of methoxy groups -OCH3 is 1. The Hall–Kier alpha value is -2.08. The van der Waals surface area contributed by atoms with E-state index < -0.39 is 0 Å². The van der Waals surface area contributed by atoms with Crippen molar-refractivity contribution < 1.29 is 19.1 Å². The van der Waals surface area contributed by atoms with E-state index >= 15 is 0 Å². The van der Waals surface area contributed by atoms with Crippen LogP contribution in [0.5, 0.6) is 5.75 Å². The smallest absolute Gasteiger partial charge is 0.249 e. The van der Waals surface area contributed by atoms with Gasteiger partial charge < -0.3 is 19.3 Å². The Labute approximate surface area is 141 Å². The first-order valence-electron chi connectivity index (χ1n) is 8.48. The monoisotopic (exact) mass is 330 g/mol. The molecular formula is C18H22N2O4. The summed E-state index contributed by atoms with van der Waals surface area (Å²) in [5.41, 5.74) is 1.05. The van der Waals surface area contributed by atoms with E-state index in [9.17, 15) is 9.59 Å². The first kappa shape index (κ1) is 15.4. The zero-order valence-electron chi connectivity index (χ0n) is 13.8. The number of ether oxygens (including phenoxy) is 2. The zero-order chi connectivity index (χ0) is 16.7. The molecule has 6 heteroatoms. The summed E-state index contributed by atoms with van der Waals surface area (Å²) < 4.78 is 10.9. The second-order valence-corrected chi connectivity index (χ2v) is 6.80. The van der Waals surface area contributed by atoms with Crippen molar-refractivity contribution in [2.75, 3.05) is 26.8 Å². The van der Waals surface area contributed by atoms with E-state index in [1.165, 1.54) is 0 Å². The molecule has 128 valence electrons. The lowest BCUT2D eigenvalue weighted by Gasteiger charge is -2.36. The van der Waals surface area contributed by atoms with Crippen molar-refractivity contribution >= 4 is 11.8 Å². The van der Waals surface area contributed by atoms with Crippen LogP contribution in [0.4, 0.5) is 0 Å². The fraction of sp³-hybridized carbons (Fsp3) is 0.556. The summed E-state index contributed by atoms with van der Waals surface area (Å²) >= 11 is 0. The Morgan fingerprint density at radius 1 is 1.25 bits per heavy atom. The molecular weight excluding hydrogens is 308 g/mol. The summed E-state index contributed by atoms with van der Waals surface area (Å²) in [5.74, 6) is 1.22. The highest BCUT2D eigenvalue weighted by Crippen LogP contribution is 2.34. The van der Waals surface area contributed by atoms with E-state index in [1.807, 2.05) is 34.1 Å². The van der Waals surface area contributed by atoms with Gasteiger partial charge in [-0.05, 0) is 30.5 Å². The van der Waals surface area contributed by atoms with Crippen LogP contribution < -0.4 is 4.74 Å². The minimum Gasteiger partial charge on any atom is -0.497 e. The first-order valence-corrected chi connectivity index (χ1v) is 8.48. The van der Waals surface area contributed by atoms with Crippen LogP contribution in [-0.2, 0) is 20.9 Å². The van der Waals surface area contributed by atoms with E-state index in [0.717, 1.165) is 24.2 Å². The van der Waals surface area contributed by atoms with Gasteiger partial charge in [0.1, 0.15) is 12.4 Å². The van der Waals surface area contributed by atoms with Gasteiger partial charge in [0.25, 0.3) is 0 Å². The number of benzene rings is 1. The molecule has 1 aliphatic carbocycles. The van der Waals surface area contributed by atoms with Gasteiger partial charge >= 0.3 is 0 Å². The Kier molecular flexibility index (Phi) is 3.92. The molecule has 0 unspecified atom stereocenters. The van der Waals surface area contributed by atoms with E-state index in [0.29, 0.717) is 19.6 Å². The lowest BCUT2D eigenvalue weighted by molar-refractivity contribution is -0.153. The third-order valence-electron chi connectivity index (χ3n) is 5.13. The standard InChI is InChI=1S/C18H22N2O4/c1-23-14-6-2-12(3-7-14)8-20-15-9-19(18(22)13-4-5-13)10-16(15)24-11-17(20)21/h2-3,6-7,13,15-16H,4-5,8-11H2,1H3/t15-,16+/m1/s1. The second kappa shape index (κ2) is 6.09. The molecule has 24 heavy (non-hydrogen) atoms. The zero-order valence-corrected chi connectivity index (χ0v) is 13.8. The molecule has 2 aliphatic heterocycles. The van der Waals surface area contributed by atoms with Crippen LogP contribution >= 0.6 is 0 Å². The molecule has 0 bridgehead atoms. The Balaban J connectivity index is 1.48. The van der Waals surface area contributed by atoms with Crippen molar-refractivity contribution in [1.82, 2.24) is 9.80 Å². The Morgan fingerprint density at radius 2 is 2.00 bits per heavy atom. The van der Waals surface area contributed by atoms with Crippen LogP contribution in [0.15, 0.2) is 24.3 Å². The third kappa shape index (κ3) is 2.86. The SMILES string of the molecule is COc1ccc(CN2C(=O)CO[C@H]3CN(C(=O)C4CC4)C[C@H]32)cc1. The molecule has 1 aromatic carbocycles. The summed E-state index contributed by atoms with van der Waals surface area (Å²) in [6, 6.07) is 7.69. The predicted octanol–water partition coefficient (Wildman–Crippen LogP) is 1.04. The van der Waals surface area contributed by atoms with Gasteiger partial charge in [-0.1, -0.05) is 12.1 Å². The van der Waals surface area contributed by atoms with Crippen LogP contribution in [0, 0.1) is 5.92 Å². The predicted molar refractivity (Wildman–Crippen MR) is 86.4 cm³/mol. The molecule has 1 saturated carbocycles. The number of amides is 2. The highest BCUT2D eigenvalue weighted by Gasteiger charge is 2.46. The molecule has 2 saturated heterocycles. The van der Waals surface area contributed by atoms with Gasteiger partial charge in [-0.3, -0.25) is 9.59 Å². The van der Waals surface area contributed by atoms with Crippen molar-refractivity contribution in [3.05, 3.63) is 29.8 Å². The van der Waals surface area contributed by atoms with Crippen LogP contribution in [-0.4, -0.2) is 60.6 Å². The maximum atomic E-state index is 12.4. The number of hydrogen-bond donors (Lipinski definition) is 0. The van der Waals surface area contributed by atoms with Crippen molar-refractivity contribution in [2.24, 2.45) is 5.92 Å². The van der Waals surface area contributed by atoms with E-state index in [2.05, 4.69) is 0 Å². The molecule has 2 heterocycles. The molecule has 2 atom stereocenters. The van der Waals surface area contributed by atoms with Crippen LogP contribution in [0.3, 0.4) is 0 Å². The molecule has 6 nitrogen and oxygen atoms in total. The van der Waals surface area contributed by atoms with E-state index in [-0.39, 0.29) is 36.5 Å². The maximum absolute atomic E-state index is 12.4. The normalized spacial score (nSPS) is 26.5. The van der Waals surface area contributed by atoms with Crippen LogP contribution in [0.1, 0.15) is 18.4 Å². The average molecular weight is 330 g/mol. The van der Waals surface area contributed by atoms with Crippen LogP contribution in [0.2, 0.25) is 0 Å². The molecule has 2 amide bonds. The highest BCUT2D eigenvalue weighted by molar-refractivity contribution is 5.82. The number of morpholine rings is 1. The number of hydrogen-bond acceptors (Lipinski definition) is 4. The minimum atomic E-state index is -0.0661. The number of carbonyl (C=O) groups is 2. The summed E-state index contributed by atoms with van der Waals surface area (Å²) in [4.78, 5) is 28.4. The average Bonchev–Trinajstić information content (AvgIpc) is 3.36. The van der Waals surface area contributed by atoms with Crippen molar-refractivity contribution in [2.45, 2.75) is 31.5 Å². The van der Waals surface area contributed by atoms with Gasteiger partial charge in [0.15, 0.2) is 0 Å². The number of carbonyl (C=O) groups excluding carboxylic acids is 2. The Bertz CT molecular complexity index is 641. The maximum Gasteiger partial charge on any atom is 0.249 e.